The molecule has 0 heterocycles. The van der Waals surface area contributed by atoms with E-state index in [1.165, 1.54) is 6.42 Å². The maximum absolute atomic E-state index is 12.1. The summed E-state index contributed by atoms with van der Waals surface area (Å²) in [6.45, 7) is 2.35. The van der Waals surface area contributed by atoms with Crippen LogP contribution in [-0.4, -0.2) is 17.0 Å². The predicted molar refractivity (Wildman–Crippen MR) is 85.4 cm³/mol. The molecule has 1 rings (SSSR count). The number of aliphatic carboxylic acids is 1. The molecule has 0 spiro atoms. The van der Waals surface area contributed by atoms with Gasteiger partial charge >= 0.3 is 11.9 Å². The lowest BCUT2D eigenvalue weighted by Gasteiger charge is -2.14. The highest BCUT2D eigenvalue weighted by Crippen LogP contribution is 2.17. The van der Waals surface area contributed by atoms with E-state index in [0.717, 1.165) is 31.2 Å². The standard InChI is InChI=1S/C18H26O4/c1-2-3-4-5-9-12-16(13-17(19)20)18(21)22-14-15-10-7-6-8-11-15/h6-8,10-11,16H,2-5,9,12-14H2,1H3,(H,19,20)/t16-/m1/s1. The van der Waals surface area contributed by atoms with Crippen LogP contribution in [0.3, 0.4) is 0 Å². The number of carbonyl (C=O) groups excluding carboxylic acids is 1. The number of ether oxygens (including phenoxy) is 1. The highest BCUT2D eigenvalue weighted by Gasteiger charge is 2.22. The van der Waals surface area contributed by atoms with Gasteiger partial charge in [-0.05, 0) is 12.0 Å². The van der Waals surface area contributed by atoms with E-state index in [0.29, 0.717) is 6.42 Å². The number of carbonyl (C=O) groups is 2. The van der Waals surface area contributed by atoms with Crippen molar-refractivity contribution in [3.05, 3.63) is 35.9 Å². The van der Waals surface area contributed by atoms with Crippen LogP contribution in [0.2, 0.25) is 0 Å². The zero-order valence-corrected chi connectivity index (χ0v) is 13.3. The Labute approximate surface area is 132 Å². The Balaban J connectivity index is 2.40. The second-order valence-electron chi connectivity index (χ2n) is 5.59. The van der Waals surface area contributed by atoms with Crippen molar-refractivity contribution < 1.29 is 19.4 Å². The van der Waals surface area contributed by atoms with Crippen molar-refractivity contribution in [3.63, 3.8) is 0 Å². The third kappa shape index (κ3) is 7.81. The summed E-state index contributed by atoms with van der Waals surface area (Å²) in [5, 5.41) is 8.95. The van der Waals surface area contributed by atoms with Gasteiger partial charge in [0.25, 0.3) is 0 Å². The monoisotopic (exact) mass is 306 g/mol. The van der Waals surface area contributed by atoms with Crippen LogP contribution in [0.4, 0.5) is 0 Å². The van der Waals surface area contributed by atoms with E-state index in [-0.39, 0.29) is 13.0 Å². The van der Waals surface area contributed by atoms with E-state index in [2.05, 4.69) is 6.92 Å². The van der Waals surface area contributed by atoms with Crippen molar-refractivity contribution in [3.8, 4) is 0 Å². The molecule has 0 amide bonds. The normalized spacial score (nSPS) is 11.9. The van der Waals surface area contributed by atoms with Crippen molar-refractivity contribution >= 4 is 11.9 Å². The van der Waals surface area contributed by atoms with Gasteiger partial charge in [0.2, 0.25) is 0 Å². The Kier molecular flexibility index (Phi) is 8.96. The molecule has 0 aliphatic carbocycles. The molecule has 1 N–H and O–H groups in total. The van der Waals surface area contributed by atoms with Gasteiger partial charge in [0.15, 0.2) is 0 Å². The predicted octanol–water partition coefficient (Wildman–Crippen LogP) is 4.18. The molecule has 1 atom stereocenters. The van der Waals surface area contributed by atoms with Crippen LogP contribution < -0.4 is 0 Å². The van der Waals surface area contributed by atoms with Crippen molar-refractivity contribution in [2.45, 2.75) is 58.5 Å². The lowest BCUT2D eigenvalue weighted by molar-refractivity contribution is -0.154. The number of esters is 1. The average molecular weight is 306 g/mol. The molecule has 0 aliphatic heterocycles. The molecule has 0 aliphatic rings. The van der Waals surface area contributed by atoms with Crippen molar-refractivity contribution in [2.24, 2.45) is 5.92 Å². The number of unbranched alkanes of at least 4 members (excludes halogenated alkanes) is 4. The molecule has 0 saturated heterocycles. The number of rotatable bonds is 11. The number of carboxylic acid groups (broad SMARTS) is 1. The second-order valence-corrected chi connectivity index (χ2v) is 5.59. The summed E-state index contributed by atoms with van der Waals surface area (Å²) < 4.78 is 5.27. The largest absolute Gasteiger partial charge is 0.481 e. The van der Waals surface area contributed by atoms with E-state index >= 15 is 0 Å². The highest BCUT2D eigenvalue weighted by atomic mass is 16.5. The Bertz CT molecular complexity index is 442. The Hall–Kier alpha value is -1.84. The summed E-state index contributed by atoms with van der Waals surface area (Å²) in [6, 6.07) is 9.42. The zero-order valence-electron chi connectivity index (χ0n) is 13.3. The topological polar surface area (TPSA) is 63.6 Å². The molecule has 0 bridgehead atoms. The fourth-order valence-electron chi connectivity index (χ4n) is 2.35. The summed E-state index contributed by atoms with van der Waals surface area (Å²) in [4.78, 5) is 23.0. The molecule has 1 aromatic carbocycles. The quantitative estimate of drug-likeness (QED) is 0.492. The van der Waals surface area contributed by atoms with E-state index in [1.54, 1.807) is 0 Å². The molecule has 122 valence electrons. The first-order chi connectivity index (χ1) is 10.6. The van der Waals surface area contributed by atoms with Crippen molar-refractivity contribution in [1.82, 2.24) is 0 Å². The van der Waals surface area contributed by atoms with Crippen LogP contribution in [0.25, 0.3) is 0 Å². The molecule has 0 unspecified atom stereocenters. The fraction of sp³-hybridized carbons (Fsp3) is 0.556. The minimum Gasteiger partial charge on any atom is -0.481 e. The number of hydrogen-bond donors (Lipinski definition) is 1. The van der Waals surface area contributed by atoms with Crippen LogP contribution in [0.1, 0.15) is 57.4 Å². The van der Waals surface area contributed by atoms with Gasteiger partial charge in [-0.15, -0.1) is 0 Å². The SMILES string of the molecule is CCCCCCC[C@H](CC(=O)O)C(=O)OCc1ccccc1. The van der Waals surface area contributed by atoms with Gasteiger partial charge in [0, 0.05) is 0 Å². The van der Waals surface area contributed by atoms with Gasteiger partial charge in [0.05, 0.1) is 12.3 Å². The van der Waals surface area contributed by atoms with Crippen LogP contribution in [0, 0.1) is 5.92 Å². The lowest BCUT2D eigenvalue weighted by Crippen LogP contribution is -2.21. The average Bonchev–Trinajstić information content (AvgIpc) is 2.52. The molecule has 0 fully saturated rings. The third-order valence-electron chi connectivity index (χ3n) is 3.63. The van der Waals surface area contributed by atoms with Crippen molar-refractivity contribution in [2.75, 3.05) is 0 Å². The van der Waals surface area contributed by atoms with Gasteiger partial charge in [0.1, 0.15) is 6.61 Å². The number of carboxylic acids is 1. The van der Waals surface area contributed by atoms with Crippen LogP contribution in [0.15, 0.2) is 30.3 Å². The van der Waals surface area contributed by atoms with E-state index < -0.39 is 17.9 Å². The van der Waals surface area contributed by atoms with Crippen LogP contribution in [0.5, 0.6) is 0 Å². The maximum atomic E-state index is 12.1. The minimum absolute atomic E-state index is 0.151. The molecule has 0 aromatic heterocycles. The third-order valence-corrected chi connectivity index (χ3v) is 3.63. The first kappa shape index (κ1) is 18.2. The molecule has 4 nitrogen and oxygen atoms in total. The van der Waals surface area contributed by atoms with Gasteiger partial charge in [-0.1, -0.05) is 69.4 Å². The molecular weight excluding hydrogens is 280 g/mol. The van der Waals surface area contributed by atoms with Crippen molar-refractivity contribution in [1.29, 1.82) is 0 Å². The minimum atomic E-state index is -0.949. The van der Waals surface area contributed by atoms with Crippen LogP contribution in [-0.2, 0) is 20.9 Å². The first-order valence-corrected chi connectivity index (χ1v) is 8.05. The second kappa shape index (κ2) is 10.8. The van der Waals surface area contributed by atoms with Gasteiger partial charge in [-0.2, -0.15) is 0 Å². The fourth-order valence-corrected chi connectivity index (χ4v) is 2.35. The van der Waals surface area contributed by atoms with Gasteiger partial charge in [-0.3, -0.25) is 9.59 Å². The molecule has 0 radical (unpaired) electrons. The summed E-state index contributed by atoms with van der Waals surface area (Å²) in [6.07, 6.45) is 5.83. The van der Waals surface area contributed by atoms with Gasteiger partial charge < -0.3 is 9.84 Å². The zero-order chi connectivity index (χ0) is 16.2. The highest BCUT2D eigenvalue weighted by molar-refractivity contribution is 5.79. The number of hydrogen-bond acceptors (Lipinski definition) is 3. The summed E-state index contributed by atoms with van der Waals surface area (Å²) in [5.74, 6) is -1.89. The van der Waals surface area contributed by atoms with Gasteiger partial charge in [-0.25, -0.2) is 0 Å². The molecular formula is C18H26O4. The van der Waals surface area contributed by atoms with E-state index in [9.17, 15) is 9.59 Å². The first-order valence-electron chi connectivity index (χ1n) is 8.05. The Morgan fingerprint density at radius 3 is 2.41 bits per heavy atom. The smallest absolute Gasteiger partial charge is 0.309 e. The van der Waals surface area contributed by atoms with E-state index in [4.69, 9.17) is 9.84 Å². The molecule has 4 heteroatoms. The maximum Gasteiger partial charge on any atom is 0.309 e. The summed E-state index contributed by atoms with van der Waals surface area (Å²) in [7, 11) is 0. The lowest BCUT2D eigenvalue weighted by atomic mass is 9.97. The Morgan fingerprint density at radius 1 is 1.09 bits per heavy atom. The number of benzene rings is 1. The van der Waals surface area contributed by atoms with Crippen LogP contribution >= 0.6 is 0 Å². The van der Waals surface area contributed by atoms with E-state index in [1.807, 2.05) is 30.3 Å². The molecule has 0 saturated carbocycles. The Morgan fingerprint density at radius 2 is 1.77 bits per heavy atom. The summed E-state index contributed by atoms with van der Waals surface area (Å²) in [5.41, 5.74) is 0.910. The molecule has 22 heavy (non-hydrogen) atoms. The summed E-state index contributed by atoms with van der Waals surface area (Å²) >= 11 is 0. The molecule has 1 aromatic rings.